The number of amides is 1. The van der Waals surface area contributed by atoms with E-state index in [0.29, 0.717) is 26.4 Å². The summed E-state index contributed by atoms with van der Waals surface area (Å²) in [7, 11) is 2.04. The first kappa shape index (κ1) is 26.9. The van der Waals surface area contributed by atoms with Crippen LogP contribution in [-0.2, 0) is 0 Å². The molecule has 198 valence electrons. The molecule has 2 aromatic heterocycles. The van der Waals surface area contributed by atoms with Crippen LogP contribution in [0.5, 0.6) is 0 Å². The minimum Gasteiger partial charge on any atom is -0.374 e. The van der Waals surface area contributed by atoms with Gasteiger partial charge in [-0.2, -0.15) is 0 Å². The molecule has 0 saturated heterocycles. The fourth-order valence-corrected chi connectivity index (χ4v) is 7.84. The first-order valence-electron chi connectivity index (χ1n) is 12.3. The second-order valence-corrected chi connectivity index (χ2v) is 12.6. The maximum atomic E-state index is 13.4. The smallest absolute Gasteiger partial charge is 0.294 e. The molecular weight excluding hydrogens is 549 g/mol. The molecular formula is C29H26N4O3S3. The average Bonchev–Trinajstić information content (AvgIpc) is 3.55. The van der Waals surface area contributed by atoms with Gasteiger partial charge in [0, 0.05) is 25.3 Å². The van der Waals surface area contributed by atoms with Crippen molar-refractivity contribution in [3.8, 4) is 0 Å². The van der Waals surface area contributed by atoms with Crippen LogP contribution in [0.15, 0.2) is 93.5 Å². The zero-order valence-electron chi connectivity index (χ0n) is 21.4. The number of carbonyl (C=O) groups excluding carboxylic acids is 1. The Morgan fingerprint density at radius 3 is 2.51 bits per heavy atom. The Hall–Kier alpha value is -3.73. The molecule has 3 aromatic carbocycles. The lowest BCUT2D eigenvalue weighted by Gasteiger charge is -2.25. The number of nitrogens with zero attached hydrogens (tertiary/aromatic N) is 3. The van der Waals surface area contributed by atoms with Crippen molar-refractivity contribution in [3.05, 3.63) is 111 Å². The molecule has 0 radical (unpaired) electrons. The Balaban J connectivity index is 1.35. The van der Waals surface area contributed by atoms with E-state index in [1.54, 1.807) is 0 Å². The predicted molar refractivity (Wildman–Crippen MR) is 160 cm³/mol. The number of nitrogens with one attached hydrogen (secondary N) is 1. The van der Waals surface area contributed by atoms with Crippen molar-refractivity contribution < 1.29 is 9.72 Å². The van der Waals surface area contributed by atoms with Crippen molar-refractivity contribution >= 4 is 61.9 Å². The summed E-state index contributed by atoms with van der Waals surface area (Å²) < 4.78 is 2.16. The molecule has 1 unspecified atom stereocenters. The Bertz CT molecular complexity index is 1580. The van der Waals surface area contributed by atoms with Crippen LogP contribution in [0.25, 0.3) is 10.2 Å². The Labute approximate surface area is 238 Å². The molecule has 10 heteroatoms. The van der Waals surface area contributed by atoms with E-state index in [4.69, 9.17) is 0 Å². The van der Waals surface area contributed by atoms with Gasteiger partial charge in [0.25, 0.3) is 11.6 Å². The second kappa shape index (κ2) is 12.0. The summed E-state index contributed by atoms with van der Waals surface area (Å²) in [4.78, 5) is 31.9. The number of anilines is 1. The Kier molecular flexibility index (Phi) is 8.25. The third-order valence-corrected chi connectivity index (χ3v) is 9.75. The topological polar surface area (TPSA) is 88.4 Å². The number of thiazole rings is 1. The van der Waals surface area contributed by atoms with E-state index in [0.717, 1.165) is 32.8 Å². The molecule has 0 spiro atoms. The maximum absolute atomic E-state index is 13.4. The van der Waals surface area contributed by atoms with Gasteiger partial charge in [-0.15, -0.1) is 22.7 Å². The average molecular weight is 575 g/mol. The van der Waals surface area contributed by atoms with Crippen LogP contribution in [0, 0.1) is 17.0 Å². The zero-order chi connectivity index (χ0) is 27.4. The van der Waals surface area contributed by atoms with Crippen LogP contribution in [0.3, 0.4) is 0 Å². The van der Waals surface area contributed by atoms with Gasteiger partial charge in [0.2, 0.25) is 0 Å². The summed E-state index contributed by atoms with van der Waals surface area (Å²) in [6, 6.07) is 26.9. The zero-order valence-corrected chi connectivity index (χ0v) is 23.8. The van der Waals surface area contributed by atoms with Crippen molar-refractivity contribution in [1.82, 2.24) is 10.3 Å². The molecule has 7 nitrogen and oxygen atoms in total. The van der Waals surface area contributed by atoms with Gasteiger partial charge < -0.3 is 10.2 Å². The highest BCUT2D eigenvalue weighted by molar-refractivity contribution is 8.03. The second-order valence-electron chi connectivity index (χ2n) is 9.02. The SMILES string of the molecule is Cc1ccccc1N(C)CCC(NC(=O)c1cc([N+](=O)[O-])c(Sc2nc3ccccc3s2)s1)c1ccccc1. The number of hydrogen-bond acceptors (Lipinski definition) is 8. The summed E-state index contributed by atoms with van der Waals surface area (Å²) in [6.07, 6.45) is 0.668. The van der Waals surface area contributed by atoms with Gasteiger partial charge in [-0.05, 0) is 54.4 Å². The van der Waals surface area contributed by atoms with Crippen molar-refractivity contribution in [1.29, 1.82) is 0 Å². The molecule has 1 N–H and O–H groups in total. The summed E-state index contributed by atoms with van der Waals surface area (Å²) in [5.41, 5.74) is 4.08. The molecule has 0 bridgehead atoms. The van der Waals surface area contributed by atoms with E-state index in [1.807, 2.05) is 73.8 Å². The van der Waals surface area contributed by atoms with Gasteiger partial charge >= 0.3 is 0 Å². The summed E-state index contributed by atoms with van der Waals surface area (Å²) in [5.74, 6) is -0.327. The highest BCUT2D eigenvalue weighted by atomic mass is 32.2. The Morgan fingerprint density at radius 2 is 1.77 bits per heavy atom. The standard InChI is InChI=1S/C29H26N4O3S3/c1-19-10-6-8-14-23(19)32(2)17-16-21(20-11-4-3-5-12-20)30-27(34)26-18-24(33(35)36)28(37-26)39-29-31-22-13-7-9-15-25(22)38-29/h3-15,18,21H,16-17H2,1-2H3,(H,30,34). The molecule has 1 amide bonds. The van der Waals surface area contributed by atoms with Gasteiger partial charge in [-0.1, -0.05) is 60.7 Å². The fraction of sp³-hybridized carbons (Fsp3) is 0.172. The first-order valence-corrected chi connectivity index (χ1v) is 14.8. The molecule has 5 rings (SSSR count). The molecule has 0 fully saturated rings. The van der Waals surface area contributed by atoms with Crippen molar-refractivity contribution in [2.45, 2.75) is 27.9 Å². The quantitative estimate of drug-likeness (QED) is 0.136. The lowest BCUT2D eigenvalue weighted by atomic mass is 10.0. The van der Waals surface area contributed by atoms with Crippen LogP contribution in [0.4, 0.5) is 11.4 Å². The van der Waals surface area contributed by atoms with Crippen molar-refractivity contribution in [3.63, 3.8) is 0 Å². The third-order valence-electron chi connectivity index (χ3n) is 6.34. The van der Waals surface area contributed by atoms with Crippen LogP contribution < -0.4 is 10.2 Å². The third kappa shape index (κ3) is 6.30. The van der Waals surface area contributed by atoms with E-state index in [-0.39, 0.29) is 17.6 Å². The van der Waals surface area contributed by atoms with Crippen LogP contribution >= 0.6 is 34.4 Å². The maximum Gasteiger partial charge on any atom is 0.294 e. The van der Waals surface area contributed by atoms with E-state index < -0.39 is 4.92 Å². The molecule has 2 heterocycles. The van der Waals surface area contributed by atoms with Crippen LogP contribution in [0.1, 0.15) is 33.3 Å². The fourth-order valence-electron chi connectivity index (χ4n) is 4.32. The minimum absolute atomic E-state index is 0.0787. The number of hydrogen-bond donors (Lipinski definition) is 1. The van der Waals surface area contributed by atoms with Gasteiger partial charge in [0.15, 0.2) is 4.34 Å². The summed E-state index contributed by atoms with van der Waals surface area (Å²) in [5, 5.41) is 15.0. The molecule has 0 aliphatic heterocycles. The Morgan fingerprint density at radius 1 is 1.05 bits per heavy atom. The number of aromatic nitrogens is 1. The predicted octanol–water partition coefficient (Wildman–Crippen LogP) is 7.72. The van der Waals surface area contributed by atoms with E-state index in [1.165, 1.54) is 34.7 Å². The molecule has 0 saturated carbocycles. The number of rotatable bonds is 10. The normalized spacial score (nSPS) is 11.8. The lowest BCUT2D eigenvalue weighted by Crippen LogP contribution is -2.31. The summed E-state index contributed by atoms with van der Waals surface area (Å²) in [6.45, 7) is 2.80. The number of thiophene rings is 1. The largest absolute Gasteiger partial charge is 0.374 e. The first-order chi connectivity index (χ1) is 18.9. The molecule has 5 aromatic rings. The number of carbonyl (C=O) groups is 1. The van der Waals surface area contributed by atoms with Gasteiger partial charge in [0.05, 0.1) is 21.2 Å². The monoisotopic (exact) mass is 574 g/mol. The number of benzene rings is 3. The van der Waals surface area contributed by atoms with E-state index in [9.17, 15) is 14.9 Å². The van der Waals surface area contributed by atoms with Crippen LogP contribution in [0.2, 0.25) is 0 Å². The van der Waals surface area contributed by atoms with Gasteiger partial charge in [-0.25, -0.2) is 4.98 Å². The van der Waals surface area contributed by atoms with E-state index >= 15 is 0 Å². The van der Waals surface area contributed by atoms with Crippen molar-refractivity contribution in [2.75, 3.05) is 18.5 Å². The molecule has 1 atom stereocenters. The molecule has 0 aliphatic carbocycles. The van der Waals surface area contributed by atoms with Crippen molar-refractivity contribution in [2.24, 2.45) is 0 Å². The number of nitro groups is 1. The number of aryl methyl sites for hydroxylation is 1. The van der Waals surface area contributed by atoms with Gasteiger partial charge in [-0.3, -0.25) is 14.9 Å². The van der Waals surface area contributed by atoms with Gasteiger partial charge in [0.1, 0.15) is 9.09 Å². The number of para-hydroxylation sites is 2. The highest BCUT2D eigenvalue weighted by Gasteiger charge is 2.26. The van der Waals surface area contributed by atoms with E-state index in [2.05, 4.69) is 34.3 Å². The highest BCUT2D eigenvalue weighted by Crippen LogP contribution is 2.43. The molecule has 0 aliphatic rings. The summed E-state index contributed by atoms with van der Waals surface area (Å²) >= 11 is 3.84. The minimum atomic E-state index is -0.436. The molecule has 39 heavy (non-hydrogen) atoms. The number of fused-ring (bicyclic) bond motifs is 1. The van der Waals surface area contributed by atoms with Crippen LogP contribution in [-0.4, -0.2) is 29.4 Å². The lowest BCUT2D eigenvalue weighted by molar-refractivity contribution is -0.387.